The molecule has 31 heavy (non-hydrogen) atoms. The number of hydrogen-bond acceptors (Lipinski definition) is 4. The summed E-state index contributed by atoms with van der Waals surface area (Å²) in [6.07, 6.45) is 2.56. The smallest absolute Gasteiger partial charge is 0.410 e. The SMILES string of the molecule is CC(C)(C)OC(=O)N1CC=C(c2cccc3c2OC(c2ccc(C#N)cc2F)C3)CC1. The van der Waals surface area contributed by atoms with Crippen molar-refractivity contribution in [3.63, 3.8) is 0 Å². The molecule has 2 aliphatic rings. The van der Waals surface area contributed by atoms with Gasteiger partial charge >= 0.3 is 6.09 Å². The fourth-order valence-corrected chi connectivity index (χ4v) is 3.96. The molecule has 1 unspecified atom stereocenters. The molecule has 1 atom stereocenters. The van der Waals surface area contributed by atoms with E-state index < -0.39 is 17.5 Å². The Morgan fingerprint density at radius 2 is 2.10 bits per heavy atom. The number of benzene rings is 2. The van der Waals surface area contributed by atoms with E-state index in [9.17, 15) is 9.18 Å². The van der Waals surface area contributed by atoms with E-state index in [0.29, 0.717) is 37.1 Å². The summed E-state index contributed by atoms with van der Waals surface area (Å²) < 4.78 is 26.2. The number of nitrogens with zero attached hydrogens (tertiary/aromatic N) is 2. The first kappa shape index (κ1) is 20.9. The third-order valence-corrected chi connectivity index (χ3v) is 5.45. The Balaban J connectivity index is 1.53. The molecule has 2 aromatic rings. The zero-order valence-electron chi connectivity index (χ0n) is 17.9. The molecule has 0 aliphatic carbocycles. The second kappa shape index (κ2) is 8.07. The van der Waals surface area contributed by atoms with E-state index in [-0.39, 0.29) is 6.09 Å². The van der Waals surface area contributed by atoms with Crippen LogP contribution in [0.3, 0.4) is 0 Å². The summed E-state index contributed by atoms with van der Waals surface area (Å²) in [4.78, 5) is 14.0. The lowest BCUT2D eigenvalue weighted by Crippen LogP contribution is -2.39. The van der Waals surface area contributed by atoms with Crippen molar-refractivity contribution < 1.29 is 18.7 Å². The zero-order chi connectivity index (χ0) is 22.2. The molecule has 0 radical (unpaired) electrons. The minimum atomic E-state index is -0.523. The normalized spacial score (nSPS) is 18.0. The second-order valence-corrected chi connectivity index (χ2v) is 8.86. The van der Waals surface area contributed by atoms with Crippen molar-refractivity contribution in [1.29, 1.82) is 5.26 Å². The predicted molar refractivity (Wildman–Crippen MR) is 115 cm³/mol. The Hall–Kier alpha value is -3.33. The summed E-state index contributed by atoms with van der Waals surface area (Å²) in [6.45, 7) is 6.61. The van der Waals surface area contributed by atoms with E-state index >= 15 is 0 Å². The average Bonchev–Trinajstić information content (AvgIpc) is 3.16. The predicted octanol–water partition coefficient (Wildman–Crippen LogP) is 5.40. The number of carbonyl (C=O) groups is 1. The van der Waals surface area contributed by atoms with Crippen LogP contribution in [0.25, 0.3) is 5.57 Å². The van der Waals surface area contributed by atoms with Crippen LogP contribution < -0.4 is 4.74 Å². The third kappa shape index (κ3) is 4.41. The molecule has 0 spiro atoms. The Kier molecular flexibility index (Phi) is 5.45. The molecule has 6 heteroatoms. The third-order valence-electron chi connectivity index (χ3n) is 5.45. The first-order valence-corrected chi connectivity index (χ1v) is 10.4. The number of carbonyl (C=O) groups excluding carboxylic acids is 1. The van der Waals surface area contributed by atoms with Crippen LogP contribution in [0.4, 0.5) is 9.18 Å². The number of halogens is 1. The standard InChI is InChI=1S/C25H25FN2O3/c1-25(2,3)31-24(29)28-11-9-17(10-12-28)19-6-4-5-18-14-22(30-23(18)19)20-8-7-16(15-27)13-21(20)26/h4-9,13,22H,10-12,14H2,1-3H3. The van der Waals surface area contributed by atoms with Gasteiger partial charge in [-0.15, -0.1) is 0 Å². The number of rotatable bonds is 2. The van der Waals surface area contributed by atoms with Gasteiger partial charge in [-0.25, -0.2) is 9.18 Å². The van der Waals surface area contributed by atoms with Gasteiger partial charge in [0, 0.05) is 30.6 Å². The van der Waals surface area contributed by atoms with Gasteiger partial charge in [0.15, 0.2) is 0 Å². The van der Waals surface area contributed by atoms with Crippen molar-refractivity contribution in [3.8, 4) is 11.8 Å². The van der Waals surface area contributed by atoms with Crippen LogP contribution in [0.2, 0.25) is 0 Å². The van der Waals surface area contributed by atoms with E-state index in [1.807, 2.05) is 51.1 Å². The summed E-state index contributed by atoms with van der Waals surface area (Å²) >= 11 is 0. The van der Waals surface area contributed by atoms with Crippen molar-refractivity contribution >= 4 is 11.7 Å². The Morgan fingerprint density at radius 3 is 2.74 bits per heavy atom. The molecule has 0 fully saturated rings. The largest absolute Gasteiger partial charge is 0.484 e. The molecule has 1 amide bonds. The van der Waals surface area contributed by atoms with Crippen molar-refractivity contribution in [2.24, 2.45) is 0 Å². The summed E-state index contributed by atoms with van der Waals surface area (Å²) in [6, 6.07) is 12.4. The van der Waals surface area contributed by atoms with Crippen LogP contribution >= 0.6 is 0 Å². The van der Waals surface area contributed by atoms with Crippen LogP contribution in [0.1, 0.15) is 55.5 Å². The molecule has 2 heterocycles. The fourth-order valence-electron chi connectivity index (χ4n) is 3.96. The Labute approximate surface area is 181 Å². The summed E-state index contributed by atoms with van der Waals surface area (Å²) in [5, 5.41) is 8.96. The number of para-hydroxylation sites is 1. The summed E-state index contributed by atoms with van der Waals surface area (Å²) in [7, 11) is 0. The molecule has 0 bridgehead atoms. The highest BCUT2D eigenvalue weighted by atomic mass is 19.1. The molecule has 2 aliphatic heterocycles. The first-order valence-electron chi connectivity index (χ1n) is 10.4. The summed E-state index contributed by atoms with van der Waals surface area (Å²) in [5.74, 6) is 0.344. The molecular formula is C25H25FN2O3. The van der Waals surface area contributed by atoms with Gasteiger partial charge in [0.2, 0.25) is 0 Å². The van der Waals surface area contributed by atoms with Crippen molar-refractivity contribution in [2.75, 3.05) is 13.1 Å². The number of nitriles is 1. The Morgan fingerprint density at radius 1 is 1.29 bits per heavy atom. The van der Waals surface area contributed by atoms with Crippen LogP contribution in [0.5, 0.6) is 5.75 Å². The summed E-state index contributed by atoms with van der Waals surface area (Å²) in [5.41, 5.74) is 3.34. The van der Waals surface area contributed by atoms with Gasteiger partial charge in [0.05, 0.1) is 11.6 Å². The van der Waals surface area contributed by atoms with Crippen molar-refractivity contribution in [2.45, 2.75) is 45.3 Å². The molecule has 2 aromatic carbocycles. The lowest BCUT2D eigenvalue weighted by atomic mass is 9.95. The Bertz CT molecular complexity index is 1090. The fraction of sp³-hybridized carbons (Fsp3) is 0.360. The van der Waals surface area contributed by atoms with Crippen LogP contribution in [-0.4, -0.2) is 29.7 Å². The highest BCUT2D eigenvalue weighted by molar-refractivity contribution is 5.76. The molecule has 0 saturated heterocycles. The first-order chi connectivity index (χ1) is 14.7. The minimum Gasteiger partial charge on any atom is -0.484 e. The van der Waals surface area contributed by atoms with Crippen molar-refractivity contribution in [3.05, 3.63) is 70.5 Å². The van der Waals surface area contributed by atoms with Gasteiger partial charge < -0.3 is 14.4 Å². The maximum absolute atomic E-state index is 14.5. The number of ether oxygens (including phenoxy) is 2. The van der Waals surface area contributed by atoms with E-state index in [1.54, 1.807) is 17.0 Å². The number of hydrogen-bond donors (Lipinski definition) is 0. The van der Waals surface area contributed by atoms with Crippen LogP contribution in [-0.2, 0) is 11.2 Å². The second-order valence-electron chi connectivity index (χ2n) is 8.86. The average molecular weight is 420 g/mol. The van der Waals surface area contributed by atoms with Gasteiger partial charge in [-0.1, -0.05) is 30.3 Å². The molecular weight excluding hydrogens is 395 g/mol. The maximum atomic E-state index is 14.5. The molecule has 0 aromatic heterocycles. The topological polar surface area (TPSA) is 62.6 Å². The zero-order valence-corrected chi connectivity index (χ0v) is 17.9. The van der Waals surface area contributed by atoms with Crippen molar-refractivity contribution in [1.82, 2.24) is 4.90 Å². The molecule has 4 rings (SSSR count). The van der Waals surface area contributed by atoms with Gasteiger partial charge in [-0.3, -0.25) is 0 Å². The monoisotopic (exact) mass is 420 g/mol. The highest BCUT2D eigenvalue weighted by Crippen LogP contribution is 2.43. The molecule has 160 valence electrons. The molecule has 0 saturated carbocycles. The molecule has 5 nitrogen and oxygen atoms in total. The van der Waals surface area contributed by atoms with Gasteiger partial charge in [-0.2, -0.15) is 5.26 Å². The van der Waals surface area contributed by atoms with E-state index in [2.05, 4.69) is 0 Å². The quantitative estimate of drug-likeness (QED) is 0.653. The lowest BCUT2D eigenvalue weighted by molar-refractivity contribution is 0.0270. The van der Waals surface area contributed by atoms with Gasteiger partial charge in [0.1, 0.15) is 23.3 Å². The highest BCUT2D eigenvalue weighted by Gasteiger charge is 2.30. The van der Waals surface area contributed by atoms with Gasteiger partial charge in [-0.05, 0) is 50.5 Å². The molecule has 0 N–H and O–H groups in total. The minimum absolute atomic E-state index is 0.291. The van der Waals surface area contributed by atoms with Crippen LogP contribution in [0, 0.1) is 17.1 Å². The van der Waals surface area contributed by atoms with E-state index in [4.69, 9.17) is 14.7 Å². The number of fused-ring (bicyclic) bond motifs is 1. The maximum Gasteiger partial charge on any atom is 0.410 e. The van der Waals surface area contributed by atoms with Gasteiger partial charge in [0.25, 0.3) is 0 Å². The lowest BCUT2D eigenvalue weighted by Gasteiger charge is -2.30. The van der Waals surface area contributed by atoms with E-state index in [0.717, 1.165) is 22.4 Å². The number of amides is 1. The van der Waals surface area contributed by atoms with Crippen LogP contribution in [0.15, 0.2) is 42.5 Å². The van der Waals surface area contributed by atoms with E-state index in [1.165, 1.54) is 6.07 Å².